The summed E-state index contributed by atoms with van der Waals surface area (Å²) in [6.07, 6.45) is 63.5. The molecule has 0 aliphatic carbocycles. The average Bonchev–Trinajstić information content (AvgIpc) is 1.90. The van der Waals surface area contributed by atoms with Crippen molar-refractivity contribution in [2.24, 2.45) is 5.92 Å². The third-order valence-corrected chi connectivity index (χ3v) is 19.6. The maximum Gasteiger partial charge on any atom is 0.472 e. The molecule has 19 heteroatoms. The van der Waals surface area contributed by atoms with Crippen LogP contribution in [0, 0.1) is 5.92 Å². The third kappa shape index (κ3) is 71.7. The first-order chi connectivity index (χ1) is 47.0. The molecule has 2 unspecified atom stereocenters. The van der Waals surface area contributed by atoms with E-state index in [4.69, 9.17) is 37.0 Å². The number of rotatable bonds is 76. The molecule has 0 saturated carbocycles. The van der Waals surface area contributed by atoms with Gasteiger partial charge in [0.05, 0.1) is 26.4 Å². The SMILES string of the molecule is CCCCCC/C=C\C=C/CCCCCCCC(=O)OC[C@H](COP(=O)(O)OC[C@@H](O)COP(=O)(O)OC[C@@H](COC(=O)CCCCCCCCCCC)OC(=O)CCCCCCCCCCC(C)C)OC(=O)CCCCCCCCCCCCCCCCCCCCCCCC. The van der Waals surface area contributed by atoms with Gasteiger partial charge in [-0.25, -0.2) is 9.13 Å². The highest BCUT2D eigenvalue weighted by molar-refractivity contribution is 7.47. The highest BCUT2D eigenvalue weighted by Gasteiger charge is 2.30. The lowest BCUT2D eigenvalue weighted by Crippen LogP contribution is -2.30. The summed E-state index contributed by atoms with van der Waals surface area (Å²) in [5, 5.41) is 10.6. The summed E-state index contributed by atoms with van der Waals surface area (Å²) in [5.41, 5.74) is 0. The van der Waals surface area contributed by atoms with Crippen LogP contribution in [-0.2, 0) is 65.4 Å². The van der Waals surface area contributed by atoms with E-state index in [1.165, 1.54) is 193 Å². The van der Waals surface area contributed by atoms with Crippen molar-refractivity contribution in [3.8, 4) is 0 Å². The number of phosphoric acid groups is 2. The molecule has 572 valence electrons. The summed E-state index contributed by atoms with van der Waals surface area (Å²) in [5.74, 6) is -1.43. The first-order valence-electron chi connectivity index (χ1n) is 40.0. The van der Waals surface area contributed by atoms with Crippen molar-refractivity contribution in [2.45, 2.75) is 406 Å². The molecule has 0 aromatic heterocycles. The molecule has 17 nitrogen and oxygen atoms in total. The number of allylic oxidation sites excluding steroid dienone is 4. The Balaban J connectivity index is 5.21. The van der Waals surface area contributed by atoms with Crippen molar-refractivity contribution in [3.63, 3.8) is 0 Å². The molecular formula is C78H148O17P2. The number of carbonyl (C=O) groups is 4. The molecule has 5 atom stereocenters. The van der Waals surface area contributed by atoms with Gasteiger partial charge in [0.2, 0.25) is 0 Å². The predicted octanol–water partition coefficient (Wildman–Crippen LogP) is 22.8. The molecule has 0 radical (unpaired) electrons. The molecular weight excluding hydrogens is 1270 g/mol. The number of aliphatic hydroxyl groups is 1. The smallest absolute Gasteiger partial charge is 0.462 e. The van der Waals surface area contributed by atoms with Crippen LogP contribution in [0.15, 0.2) is 24.3 Å². The number of phosphoric ester groups is 2. The Bertz CT molecular complexity index is 1950. The molecule has 0 aliphatic heterocycles. The quantitative estimate of drug-likeness (QED) is 0.0169. The minimum Gasteiger partial charge on any atom is -0.462 e. The molecule has 0 spiro atoms. The fraction of sp³-hybridized carbons (Fsp3) is 0.897. The summed E-state index contributed by atoms with van der Waals surface area (Å²) in [6.45, 7) is 7.17. The number of hydrogen-bond acceptors (Lipinski definition) is 15. The minimum atomic E-state index is -4.97. The zero-order valence-corrected chi connectivity index (χ0v) is 64.5. The average molecular weight is 1420 g/mol. The van der Waals surface area contributed by atoms with E-state index in [0.29, 0.717) is 25.7 Å². The lowest BCUT2D eigenvalue weighted by Gasteiger charge is -2.21. The molecule has 0 heterocycles. The van der Waals surface area contributed by atoms with Crippen LogP contribution >= 0.6 is 15.6 Å². The number of esters is 4. The Morgan fingerprint density at radius 1 is 0.320 bits per heavy atom. The lowest BCUT2D eigenvalue weighted by atomic mass is 10.0. The maximum absolute atomic E-state index is 13.1. The van der Waals surface area contributed by atoms with Crippen LogP contribution in [0.2, 0.25) is 0 Å². The van der Waals surface area contributed by atoms with Crippen LogP contribution in [-0.4, -0.2) is 96.7 Å². The second-order valence-electron chi connectivity index (χ2n) is 27.9. The number of unbranched alkanes of at least 4 members (excludes halogenated alkanes) is 45. The monoisotopic (exact) mass is 1420 g/mol. The first-order valence-corrected chi connectivity index (χ1v) is 42.9. The van der Waals surface area contributed by atoms with Gasteiger partial charge in [0, 0.05) is 25.7 Å². The largest absolute Gasteiger partial charge is 0.472 e. The van der Waals surface area contributed by atoms with Gasteiger partial charge in [-0.05, 0) is 57.3 Å². The Hall–Kier alpha value is -2.46. The molecule has 97 heavy (non-hydrogen) atoms. The zero-order valence-electron chi connectivity index (χ0n) is 62.7. The van der Waals surface area contributed by atoms with Gasteiger partial charge in [0.15, 0.2) is 12.2 Å². The summed E-state index contributed by atoms with van der Waals surface area (Å²) in [7, 11) is -9.92. The molecule has 0 aromatic carbocycles. The number of carbonyl (C=O) groups excluding carboxylic acids is 4. The van der Waals surface area contributed by atoms with E-state index in [2.05, 4.69) is 58.9 Å². The summed E-state index contributed by atoms with van der Waals surface area (Å²) >= 11 is 0. The fourth-order valence-electron chi connectivity index (χ4n) is 11.5. The topological polar surface area (TPSA) is 237 Å². The van der Waals surface area contributed by atoms with Crippen molar-refractivity contribution in [3.05, 3.63) is 24.3 Å². The predicted molar refractivity (Wildman–Crippen MR) is 395 cm³/mol. The minimum absolute atomic E-state index is 0.102. The summed E-state index contributed by atoms with van der Waals surface area (Å²) in [6, 6.07) is 0. The zero-order chi connectivity index (χ0) is 71.2. The van der Waals surface area contributed by atoms with Crippen molar-refractivity contribution in [1.82, 2.24) is 0 Å². The second kappa shape index (κ2) is 70.6. The van der Waals surface area contributed by atoms with Crippen LogP contribution in [0.1, 0.15) is 388 Å². The summed E-state index contributed by atoms with van der Waals surface area (Å²) in [4.78, 5) is 72.7. The van der Waals surface area contributed by atoms with Gasteiger partial charge in [-0.15, -0.1) is 0 Å². The number of hydrogen-bond donors (Lipinski definition) is 3. The van der Waals surface area contributed by atoms with Crippen molar-refractivity contribution < 1.29 is 80.2 Å². The maximum atomic E-state index is 13.1. The molecule has 0 amide bonds. The first kappa shape index (κ1) is 94.5. The Labute approximate surface area is 592 Å². The van der Waals surface area contributed by atoms with E-state index in [9.17, 15) is 43.2 Å². The highest BCUT2D eigenvalue weighted by atomic mass is 31.2. The van der Waals surface area contributed by atoms with Gasteiger partial charge in [0.1, 0.15) is 19.3 Å². The number of aliphatic hydroxyl groups excluding tert-OH is 1. The van der Waals surface area contributed by atoms with Crippen LogP contribution in [0.4, 0.5) is 0 Å². The lowest BCUT2D eigenvalue weighted by molar-refractivity contribution is -0.161. The van der Waals surface area contributed by atoms with Crippen LogP contribution in [0.3, 0.4) is 0 Å². The van der Waals surface area contributed by atoms with Crippen molar-refractivity contribution in [2.75, 3.05) is 39.6 Å². The molecule has 3 N–H and O–H groups in total. The van der Waals surface area contributed by atoms with Gasteiger partial charge >= 0.3 is 39.5 Å². The molecule has 0 bridgehead atoms. The van der Waals surface area contributed by atoms with Crippen LogP contribution in [0.5, 0.6) is 0 Å². The van der Waals surface area contributed by atoms with Crippen LogP contribution < -0.4 is 0 Å². The van der Waals surface area contributed by atoms with Crippen LogP contribution in [0.25, 0.3) is 0 Å². The Kier molecular flexibility index (Phi) is 68.8. The molecule has 0 rings (SSSR count). The van der Waals surface area contributed by atoms with E-state index >= 15 is 0 Å². The molecule has 0 fully saturated rings. The highest BCUT2D eigenvalue weighted by Crippen LogP contribution is 2.45. The second-order valence-corrected chi connectivity index (χ2v) is 30.8. The molecule has 0 aliphatic rings. The van der Waals surface area contributed by atoms with Gasteiger partial charge < -0.3 is 33.8 Å². The van der Waals surface area contributed by atoms with Crippen molar-refractivity contribution >= 4 is 39.5 Å². The summed E-state index contributed by atoms with van der Waals surface area (Å²) < 4.78 is 68.4. The normalized spacial score (nSPS) is 14.1. The van der Waals surface area contributed by atoms with Gasteiger partial charge in [-0.3, -0.25) is 37.3 Å². The van der Waals surface area contributed by atoms with Crippen molar-refractivity contribution in [1.29, 1.82) is 0 Å². The van der Waals surface area contributed by atoms with Gasteiger partial charge in [-0.2, -0.15) is 0 Å². The Morgan fingerprint density at radius 3 is 0.845 bits per heavy atom. The van der Waals surface area contributed by atoms with E-state index in [0.717, 1.165) is 115 Å². The number of ether oxygens (including phenoxy) is 4. The third-order valence-electron chi connectivity index (χ3n) is 17.7. The van der Waals surface area contributed by atoms with E-state index in [1.807, 2.05) is 0 Å². The standard InChI is InChI=1S/C78H148O17P2/c1-6-9-12-15-18-21-23-25-27-28-29-30-31-32-33-35-37-39-42-48-53-58-63-77(82)94-73(68-89-76(81)62-57-52-47-41-38-36-34-26-24-22-19-16-13-10-7-2)69-92-96(84,85)90-65-72(79)66-91-97(86,87)93-70-74(67-88-75(80)61-56-51-46-40-20-17-14-11-8-3)95-78(83)64-59-54-49-44-43-45-50-55-60-71(4)5/h22,24,26,34,71-74,79H,6-21,23,25,27-33,35-70H2,1-5H3,(H,84,85)(H,86,87)/b24-22-,34-26-/t72-,73-,74-/m1/s1. The van der Waals surface area contributed by atoms with Gasteiger partial charge in [0.25, 0.3) is 0 Å². The van der Waals surface area contributed by atoms with E-state index in [1.54, 1.807) is 0 Å². The molecule has 0 aromatic rings. The molecule has 0 saturated heterocycles. The van der Waals surface area contributed by atoms with E-state index < -0.39 is 97.5 Å². The Morgan fingerprint density at radius 2 is 0.557 bits per heavy atom. The van der Waals surface area contributed by atoms with E-state index in [-0.39, 0.29) is 25.7 Å². The van der Waals surface area contributed by atoms with Gasteiger partial charge in [-0.1, -0.05) is 335 Å². The fourth-order valence-corrected chi connectivity index (χ4v) is 13.1.